The van der Waals surface area contributed by atoms with E-state index in [2.05, 4.69) is 5.32 Å². The molecule has 0 bridgehead atoms. The Morgan fingerprint density at radius 1 is 1.03 bits per heavy atom. The molecule has 0 aromatic heterocycles. The molecule has 0 aliphatic carbocycles. The Morgan fingerprint density at radius 3 is 2.10 bits per heavy atom. The summed E-state index contributed by atoms with van der Waals surface area (Å²) in [5.41, 5.74) is 1.41. The van der Waals surface area contributed by atoms with Gasteiger partial charge in [-0.15, -0.1) is 0 Å². The lowest BCUT2D eigenvalue weighted by Gasteiger charge is -2.20. The summed E-state index contributed by atoms with van der Waals surface area (Å²) >= 11 is 0. The molecule has 2 rings (SSSR count). The van der Waals surface area contributed by atoms with Crippen molar-refractivity contribution in [1.82, 2.24) is 4.31 Å². The van der Waals surface area contributed by atoms with Gasteiger partial charge < -0.3 is 5.32 Å². The van der Waals surface area contributed by atoms with Crippen LogP contribution in [0.4, 0.5) is 18.9 Å². The Bertz CT molecular complexity index is 1010. The molecule has 9 heteroatoms. The molecule has 0 fully saturated rings. The highest BCUT2D eigenvalue weighted by Crippen LogP contribution is 2.29. The van der Waals surface area contributed by atoms with Gasteiger partial charge in [0.15, 0.2) is 0 Å². The van der Waals surface area contributed by atoms with Crippen LogP contribution in [0.2, 0.25) is 0 Å². The smallest absolute Gasteiger partial charge is 0.326 e. The maximum absolute atomic E-state index is 12.8. The fourth-order valence-corrected chi connectivity index (χ4v) is 4.58. The molecule has 164 valence electrons. The van der Waals surface area contributed by atoms with Crippen molar-refractivity contribution in [3.05, 3.63) is 58.7 Å². The number of nitrogens with zero attached hydrogens (tertiary/aromatic N) is 1. The Labute approximate surface area is 175 Å². The van der Waals surface area contributed by atoms with Crippen molar-refractivity contribution in [2.75, 3.05) is 18.4 Å². The second kappa shape index (κ2) is 9.18. The van der Waals surface area contributed by atoms with E-state index in [4.69, 9.17) is 0 Å². The van der Waals surface area contributed by atoms with Gasteiger partial charge in [0.05, 0.1) is 16.9 Å². The molecule has 1 N–H and O–H groups in total. The molecule has 5 nitrogen and oxygen atoms in total. The van der Waals surface area contributed by atoms with Crippen LogP contribution in [0.5, 0.6) is 0 Å². The van der Waals surface area contributed by atoms with Gasteiger partial charge in [0.2, 0.25) is 15.9 Å². The van der Waals surface area contributed by atoms with Crippen molar-refractivity contribution < 1.29 is 26.4 Å². The molecule has 0 heterocycles. The number of carbonyl (C=O) groups excluding carboxylic acids is 1. The maximum Gasteiger partial charge on any atom is 0.416 e. The predicted octanol–water partition coefficient (Wildman–Crippen LogP) is 4.53. The van der Waals surface area contributed by atoms with Gasteiger partial charge in [-0.2, -0.15) is 17.5 Å². The number of aryl methyl sites for hydroxylation is 1. The number of amides is 1. The van der Waals surface area contributed by atoms with Crippen LogP contribution in [0, 0.1) is 13.8 Å². The van der Waals surface area contributed by atoms with Crippen LogP contribution in [0.3, 0.4) is 0 Å². The largest absolute Gasteiger partial charge is 0.416 e. The third kappa shape index (κ3) is 5.40. The summed E-state index contributed by atoms with van der Waals surface area (Å²) in [5.74, 6) is -0.449. The van der Waals surface area contributed by atoms with Crippen molar-refractivity contribution >= 4 is 21.6 Å². The topological polar surface area (TPSA) is 66.5 Å². The summed E-state index contributed by atoms with van der Waals surface area (Å²) in [5, 5.41) is 2.69. The molecule has 2 aromatic carbocycles. The van der Waals surface area contributed by atoms with Gasteiger partial charge >= 0.3 is 6.18 Å². The van der Waals surface area contributed by atoms with Crippen molar-refractivity contribution in [2.45, 2.75) is 45.2 Å². The normalized spacial score (nSPS) is 12.3. The Morgan fingerprint density at radius 2 is 1.60 bits per heavy atom. The van der Waals surface area contributed by atoms with Crippen LogP contribution in [0.1, 0.15) is 36.1 Å². The molecule has 0 spiro atoms. The molecule has 0 radical (unpaired) electrons. The molecule has 0 aliphatic heterocycles. The molecule has 0 saturated carbocycles. The SMILES string of the molecule is CCN(CC)S(=O)(=O)c1cc(C)c(C)c(NC(=O)Cc2ccc(C(F)(F)F)cc2)c1. The summed E-state index contributed by atoms with van der Waals surface area (Å²) in [6.07, 6.45) is -4.57. The van der Waals surface area contributed by atoms with E-state index in [1.807, 2.05) is 0 Å². The quantitative estimate of drug-likeness (QED) is 0.685. The first-order valence-corrected chi connectivity index (χ1v) is 10.9. The first kappa shape index (κ1) is 23.9. The predicted molar refractivity (Wildman–Crippen MR) is 110 cm³/mol. The second-order valence-electron chi connectivity index (χ2n) is 6.92. The van der Waals surface area contributed by atoms with Crippen LogP contribution in [-0.2, 0) is 27.4 Å². The Hall–Kier alpha value is -2.39. The molecule has 0 aliphatic rings. The summed E-state index contributed by atoms with van der Waals surface area (Å²) in [6, 6.07) is 7.34. The average molecular weight is 443 g/mol. The van der Waals surface area contributed by atoms with E-state index >= 15 is 0 Å². The van der Waals surface area contributed by atoms with Crippen LogP contribution in [-0.4, -0.2) is 31.7 Å². The fraction of sp³-hybridized carbons (Fsp3) is 0.381. The van der Waals surface area contributed by atoms with E-state index in [-0.39, 0.29) is 11.3 Å². The summed E-state index contributed by atoms with van der Waals surface area (Å²) < 4.78 is 65.0. The number of anilines is 1. The van der Waals surface area contributed by atoms with Gasteiger partial charge in [-0.1, -0.05) is 26.0 Å². The molecule has 0 saturated heterocycles. The summed E-state index contributed by atoms with van der Waals surface area (Å²) in [6.45, 7) is 7.64. The number of halogens is 3. The number of rotatable bonds is 7. The molecule has 0 atom stereocenters. The molecular formula is C21H25F3N2O3S. The Balaban J connectivity index is 2.25. The lowest BCUT2D eigenvalue weighted by atomic mass is 10.1. The fourth-order valence-electron chi connectivity index (χ4n) is 3.01. The minimum atomic E-state index is -4.44. The highest BCUT2D eigenvalue weighted by molar-refractivity contribution is 7.89. The van der Waals surface area contributed by atoms with Crippen LogP contribution in [0.15, 0.2) is 41.3 Å². The van der Waals surface area contributed by atoms with E-state index in [0.29, 0.717) is 35.5 Å². The first-order chi connectivity index (χ1) is 13.9. The molecular weight excluding hydrogens is 417 g/mol. The molecule has 0 unspecified atom stereocenters. The van der Waals surface area contributed by atoms with Crippen molar-refractivity contribution in [1.29, 1.82) is 0 Å². The summed E-state index contributed by atoms with van der Waals surface area (Å²) in [7, 11) is -3.70. The minimum Gasteiger partial charge on any atom is -0.326 e. The van der Waals surface area contributed by atoms with E-state index in [1.165, 1.54) is 22.5 Å². The third-order valence-corrected chi connectivity index (χ3v) is 6.93. The van der Waals surface area contributed by atoms with Gasteiger partial charge in [-0.05, 0) is 54.8 Å². The van der Waals surface area contributed by atoms with Gasteiger partial charge in [0.1, 0.15) is 0 Å². The Kier molecular flexibility index (Phi) is 7.31. The zero-order chi connectivity index (χ0) is 22.7. The zero-order valence-electron chi connectivity index (χ0n) is 17.3. The van der Waals surface area contributed by atoms with Crippen molar-refractivity contribution in [3.8, 4) is 0 Å². The van der Waals surface area contributed by atoms with E-state index in [9.17, 15) is 26.4 Å². The highest BCUT2D eigenvalue weighted by atomic mass is 32.2. The van der Waals surface area contributed by atoms with E-state index in [1.54, 1.807) is 33.8 Å². The number of sulfonamides is 1. The number of alkyl halides is 3. The number of benzene rings is 2. The molecule has 30 heavy (non-hydrogen) atoms. The van der Waals surface area contributed by atoms with Crippen LogP contribution < -0.4 is 5.32 Å². The summed E-state index contributed by atoms with van der Waals surface area (Å²) in [4.78, 5) is 12.5. The number of carbonyl (C=O) groups is 1. The average Bonchev–Trinajstić information content (AvgIpc) is 2.65. The van der Waals surface area contributed by atoms with Gasteiger partial charge in [0.25, 0.3) is 0 Å². The van der Waals surface area contributed by atoms with Crippen LogP contribution >= 0.6 is 0 Å². The van der Waals surface area contributed by atoms with E-state index < -0.39 is 27.7 Å². The standard InChI is InChI=1S/C21H25F3N2O3S/c1-5-26(6-2)30(28,29)18-11-14(3)15(4)19(13-18)25-20(27)12-16-7-9-17(10-8-16)21(22,23)24/h7-11,13H,5-6,12H2,1-4H3,(H,25,27). The lowest BCUT2D eigenvalue weighted by molar-refractivity contribution is -0.137. The van der Waals surface area contributed by atoms with Gasteiger partial charge in [-0.25, -0.2) is 8.42 Å². The highest BCUT2D eigenvalue weighted by Gasteiger charge is 2.30. The maximum atomic E-state index is 12.8. The lowest BCUT2D eigenvalue weighted by Crippen LogP contribution is -2.30. The monoisotopic (exact) mass is 442 g/mol. The van der Waals surface area contributed by atoms with Gasteiger partial charge in [0, 0.05) is 18.8 Å². The zero-order valence-corrected chi connectivity index (χ0v) is 18.1. The third-order valence-electron chi connectivity index (χ3n) is 4.90. The number of nitrogens with one attached hydrogen (secondary N) is 1. The number of hydrogen-bond acceptors (Lipinski definition) is 3. The molecule has 2 aromatic rings. The van der Waals surface area contributed by atoms with Crippen molar-refractivity contribution in [2.24, 2.45) is 0 Å². The number of hydrogen-bond donors (Lipinski definition) is 1. The minimum absolute atomic E-state index is 0.0825. The second-order valence-corrected chi connectivity index (χ2v) is 8.86. The van der Waals surface area contributed by atoms with Gasteiger partial charge in [-0.3, -0.25) is 4.79 Å². The first-order valence-electron chi connectivity index (χ1n) is 9.47. The molecule has 1 amide bonds. The van der Waals surface area contributed by atoms with E-state index in [0.717, 1.165) is 12.1 Å². The van der Waals surface area contributed by atoms with Crippen LogP contribution in [0.25, 0.3) is 0 Å². The van der Waals surface area contributed by atoms with Crippen molar-refractivity contribution in [3.63, 3.8) is 0 Å².